The van der Waals surface area contributed by atoms with Gasteiger partial charge in [-0.15, -0.1) is 5.10 Å². The van der Waals surface area contributed by atoms with Crippen LogP contribution in [-0.4, -0.2) is 58.5 Å². The fraction of sp³-hybridized carbons (Fsp3) is 0.812. The molecule has 1 aromatic heterocycles. The molecule has 0 aliphatic carbocycles. The number of nitrogens with two attached hydrogens (primary N) is 1. The largest absolute Gasteiger partial charge is 0.338 e. The number of hydrogen-bond acceptors (Lipinski definition) is 5. The van der Waals surface area contributed by atoms with Crippen LogP contribution in [0.4, 0.5) is 0 Å². The molecule has 0 radical (unpaired) electrons. The van der Waals surface area contributed by atoms with Crippen molar-refractivity contribution in [3.63, 3.8) is 0 Å². The highest BCUT2D eigenvalue weighted by atomic mass is 16.2. The van der Waals surface area contributed by atoms with Gasteiger partial charge in [0, 0.05) is 32.4 Å². The Morgan fingerprint density at radius 1 is 1.35 bits per heavy atom. The normalized spacial score (nSPS) is 16.5. The standard InChI is InChI=1S/C16H30N6O/c1-2-3-6-14-13-22(20-19-14)15(7-4-5-8-17)16(23)21-11-9-18-10-12-21/h13,15,18H,2-12,17H2,1H3/t15-/m0/s1. The van der Waals surface area contributed by atoms with Gasteiger partial charge in [0.15, 0.2) is 0 Å². The van der Waals surface area contributed by atoms with E-state index in [0.717, 1.165) is 70.4 Å². The van der Waals surface area contributed by atoms with Gasteiger partial charge in [-0.05, 0) is 38.6 Å². The van der Waals surface area contributed by atoms with Crippen LogP contribution in [0.1, 0.15) is 50.8 Å². The zero-order chi connectivity index (χ0) is 16.5. The second-order valence-corrected chi connectivity index (χ2v) is 6.17. The minimum absolute atomic E-state index is 0.162. The first-order valence-electron chi connectivity index (χ1n) is 8.86. The van der Waals surface area contributed by atoms with Crippen LogP contribution < -0.4 is 11.1 Å². The van der Waals surface area contributed by atoms with Crippen LogP contribution in [0.25, 0.3) is 0 Å². The van der Waals surface area contributed by atoms with Gasteiger partial charge >= 0.3 is 0 Å². The van der Waals surface area contributed by atoms with Crippen LogP contribution in [-0.2, 0) is 11.2 Å². The second kappa shape index (κ2) is 9.62. The number of hydrogen-bond donors (Lipinski definition) is 2. The highest BCUT2D eigenvalue weighted by Gasteiger charge is 2.27. The van der Waals surface area contributed by atoms with Crippen molar-refractivity contribution < 1.29 is 4.79 Å². The van der Waals surface area contributed by atoms with E-state index in [1.54, 1.807) is 4.68 Å². The lowest BCUT2D eigenvalue weighted by Gasteiger charge is -2.30. The fourth-order valence-electron chi connectivity index (χ4n) is 2.89. The lowest BCUT2D eigenvalue weighted by Crippen LogP contribution is -2.48. The molecular formula is C16H30N6O. The summed E-state index contributed by atoms with van der Waals surface area (Å²) in [6, 6.07) is -0.248. The fourth-order valence-corrected chi connectivity index (χ4v) is 2.89. The molecule has 130 valence electrons. The molecule has 0 bridgehead atoms. The summed E-state index contributed by atoms with van der Waals surface area (Å²) < 4.78 is 1.77. The third-order valence-electron chi connectivity index (χ3n) is 4.31. The smallest absolute Gasteiger partial charge is 0.247 e. The van der Waals surface area contributed by atoms with Crippen molar-refractivity contribution in [1.82, 2.24) is 25.2 Å². The van der Waals surface area contributed by atoms with Gasteiger partial charge in [0.2, 0.25) is 5.91 Å². The summed E-state index contributed by atoms with van der Waals surface area (Å²) in [5, 5.41) is 11.8. The first-order chi connectivity index (χ1) is 11.3. The predicted octanol–water partition coefficient (Wildman–Crippen LogP) is 0.723. The van der Waals surface area contributed by atoms with Crippen molar-refractivity contribution >= 4 is 5.91 Å². The molecule has 1 saturated heterocycles. The number of nitrogens with zero attached hydrogens (tertiary/aromatic N) is 4. The van der Waals surface area contributed by atoms with Crippen molar-refractivity contribution in [3.05, 3.63) is 11.9 Å². The summed E-state index contributed by atoms with van der Waals surface area (Å²) >= 11 is 0. The number of aromatic nitrogens is 3. The van der Waals surface area contributed by atoms with E-state index in [0.29, 0.717) is 6.54 Å². The van der Waals surface area contributed by atoms with Crippen LogP contribution in [0.15, 0.2) is 6.20 Å². The Morgan fingerprint density at radius 3 is 2.83 bits per heavy atom. The van der Waals surface area contributed by atoms with Gasteiger partial charge in [0.1, 0.15) is 6.04 Å². The summed E-state index contributed by atoms with van der Waals surface area (Å²) in [6.45, 7) is 6.08. The molecular weight excluding hydrogens is 292 g/mol. The molecule has 0 saturated carbocycles. The van der Waals surface area contributed by atoms with Crippen LogP contribution in [0, 0.1) is 0 Å². The topological polar surface area (TPSA) is 89.1 Å². The Bertz CT molecular complexity index is 469. The quantitative estimate of drug-likeness (QED) is 0.654. The average Bonchev–Trinajstić information content (AvgIpc) is 3.06. The molecule has 3 N–H and O–H groups in total. The minimum atomic E-state index is -0.248. The zero-order valence-electron chi connectivity index (χ0n) is 14.2. The average molecular weight is 322 g/mol. The molecule has 1 aliphatic rings. The maximum atomic E-state index is 12.9. The van der Waals surface area contributed by atoms with Crippen LogP contribution in [0.2, 0.25) is 0 Å². The molecule has 2 rings (SSSR count). The summed E-state index contributed by atoms with van der Waals surface area (Å²) in [5.74, 6) is 0.162. The number of unbranched alkanes of at least 4 members (excludes halogenated alkanes) is 2. The molecule has 0 spiro atoms. The number of carbonyl (C=O) groups is 1. The van der Waals surface area contributed by atoms with Crippen LogP contribution >= 0.6 is 0 Å². The van der Waals surface area contributed by atoms with Crippen molar-refractivity contribution in [2.75, 3.05) is 32.7 Å². The molecule has 2 heterocycles. The molecule has 1 fully saturated rings. The molecule has 0 unspecified atom stereocenters. The molecule has 1 aliphatic heterocycles. The first-order valence-corrected chi connectivity index (χ1v) is 8.86. The Balaban J connectivity index is 2.05. The number of aryl methyl sites for hydroxylation is 1. The molecule has 23 heavy (non-hydrogen) atoms. The Kier molecular flexibility index (Phi) is 7.48. The summed E-state index contributed by atoms with van der Waals surface area (Å²) in [5.41, 5.74) is 6.57. The highest BCUT2D eigenvalue weighted by molar-refractivity contribution is 5.80. The van der Waals surface area contributed by atoms with E-state index in [-0.39, 0.29) is 11.9 Å². The van der Waals surface area contributed by atoms with E-state index in [9.17, 15) is 4.79 Å². The maximum Gasteiger partial charge on any atom is 0.247 e. The third kappa shape index (κ3) is 5.28. The van der Waals surface area contributed by atoms with E-state index in [2.05, 4.69) is 22.6 Å². The number of amides is 1. The summed E-state index contributed by atoms with van der Waals surface area (Å²) in [7, 11) is 0. The van der Waals surface area contributed by atoms with Crippen LogP contribution in [0.3, 0.4) is 0 Å². The van der Waals surface area contributed by atoms with Gasteiger partial charge in [-0.3, -0.25) is 4.79 Å². The first kappa shape index (κ1) is 17.9. The molecule has 0 aromatic carbocycles. The molecule has 7 nitrogen and oxygen atoms in total. The van der Waals surface area contributed by atoms with E-state index >= 15 is 0 Å². The number of piperazine rings is 1. The van der Waals surface area contributed by atoms with Gasteiger partial charge in [0.05, 0.1) is 5.69 Å². The third-order valence-corrected chi connectivity index (χ3v) is 4.31. The van der Waals surface area contributed by atoms with Crippen molar-refractivity contribution in [3.8, 4) is 0 Å². The molecule has 1 atom stereocenters. The summed E-state index contributed by atoms with van der Waals surface area (Å²) in [4.78, 5) is 14.8. The highest BCUT2D eigenvalue weighted by Crippen LogP contribution is 2.18. The van der Waals surface area contributed by atoms with Crippen molar-refractivity contribution in [1.29, 1.82) is 0 Å². The second-order valence-electron chi connectivity index (χ2n) is 6.17. The number of nitrogens with one attached hydrogen (secondary N) is 1. The molecule has 7 heteroatoms. The van der Waals surface area contributed by atoms with Gasteiger partial charge < -0.3 is 16.0 Å². The van der Waals surface area contributed by atoms with E-state index in [1.165, 1.54) is 0 Å². The van der Waals surface area contributed by atoms with Gasteiger partial charge in [-0.25, -0.2) is 4.68 Å². The summed E-state index contributed by atoms with van der Waals surface area (Å²) in [6.07, 6.45) is 7.74. The van der Waals surface area contributed by atoms with E-state index in [1.807, 2.05) is 11.1 Å². The SMILES string of the molecule is CCCCc1cn([C@@H](CCCCN)C(=O)N2CCNCC2)nn1. The Hall–Kier alpha value is -1.47. The number of rotatable bonds is 9. The van der Waals surface area contributed by atoms with Crippen LogP contribution in [0.5, 0.6) is 0 Å². The Morgan fingerprint density at radius 2 is 2.13 bits per heavy atom. The molecule has 1 aromatic rings. The van der Waals surface area contributed by atoms with Gasteiger partial charge in [-0.1, -0.05) is 18.6 Å². The number of carbonyl (C=O) groups excluding carboxylic acids is 1. The Labute approximate surface area is 138 Å². The van der Waals surface area contributed by atoms with Gasteiger partial charge in [-0.2, -0.15) is 0 Å². The van der Waals surface area contributed by atoms with Crippen molar-refractivity contribution in [2.45, 2.75) is 51.5 Å². The lowest BCUT2D eigenvalue weighted by atomic mass is 10.1. The lowest BCUT2D eigenvalue weighted by molar-refractivity contribution is -0.136. The monoisotopic (exact) mass is 322 g/mol. The predicted molar refractivity (Wildman–Crippen MR) is 90.0 cm³/mol. The van der Waals surface area contributed by atoms with E-state index < -0.39 is 0 Å². The van der Waals surface area contributed by atoms with Crippen molar-refractivity contribution in [2.24, 2.45) is 5.73 Å². The maximum absolute atomic E-state index is 12.9. The zero-order valence-corrected chi connectivity index (χ0v) is 14.2. The van der Waals surface area contributed by atoms with E-state index in [4.69, 9.17) is 5.73 Å². The minimum Gasteiger partial charge on any atom is -0.338 e. The molecule has 1 amide bonds. The van der Waals surface area contributed by atoms with Gasteiger partial charge in [0.25, 0.3) is 0 Å².